The summed E-state index contributed by atoms with van der Waals surface area (Å²) in [5.74, 6) is -1.72. The fraction of sp³-hybridized carbons (Fsp3) is 0.0526. The maximum atomic E-state index is 14.4. The van der Waals surface area contributed by atoms with Crippen LogP contribution < -0.4 is 4.90 Å². The molecule has 0 saturated heterocycles. The fourth-order valence-electron chi connectivity index (χ4n) is 2.49. The molecule has 1 amide bonds. The van der Waals surface area contributed by atoms with E-state index in [1.54, 1.807) is 48.6 Å². The molecule has 0 fully saturated rings. The van der Waals surface area contributed by atoms with Gasteiger partial charge in [-0.1, -0.05) is 54.6 Å². The molecule has 0 aliphatic carbocycles. The lowest BCUT2D eigenvalue weighted by atomic mass is 10.0. The van der Waals surface area contributed by atoms with Gasteiger partial charge < -0.3 is 0 Å². The number of nitrogens with zero attached hydrogens (tertiary/aromatic N) is 2. The second-order valence-corrected chi connectivity index (χ2v) is 5.07. The Morgan fingerprint density at radius 2 is 1.83 bits per heavy atom. The molecule has 0 bridgehead atoms. The predicted molar refractivity (Wildman–Crippen MR) is 87.9 cm³/mol. The Kier molecular flexibility index (Phi) is 4.03. The number of amides is 1. The number of anilines is 1. The quantitative estimate of drug-likeness (QED) is 0.789. The average molecular weight is 304 g/mol. The Morgan fingerprint density at radius 1 is 1.13 bits per heavy atom. The third-order valence-corrected chi connectivity index (χ3v) is 3.58. The zero-order chi connectivity index (χ0) is 16.2. The summed E-state index contributed by atoms with van der Waals surface area (Å²) in [7, 11) is 0. The van der Waals surface area contributed by atoms with E-state index in [0.717, 1.165) is 5.56 Å². The number of benzene rings is 2. The molecule has 3 nitrogen and oxygen atoms in total. The molecular weight excluding hydrogens is 291 g/mol. The van der Waals surface area contributed by atoms with Crippen molar-refractivity contribution in [3.8, 4) is 6.07 Å². The van der Waals surface area contributed by atoms with Gasteiger partial charge in [-0.2, -0.15) is 5.26 Å². The first-order chi connectivity index (χ1) is 11.2. The molecule has 0 N–H and O–H groups in total. The largest absolute Gasteiger partial charge is 0.288 e. The molecule has 0 aromatic heterocycles. The van der Waals surface area contributed by atoms with Gasteiger partial charge in [0.05, 0.1) is 11.8 Å². The Hall–Kier alpha value is -3.19. The molecule has 0 radical (unpaired) electrons. The summed E-state index contributed by atoms with van der Waals surface area (Å²) in [4.78, 5) is 13.7. The van der Waals surface area contributed by atoms with Gasteiger partial charge in [-0.3, -0.25) is 9.69 Å². The molecule has 3 rings (SSSR count). The molecule has 0 saturated carbocycles. The lowest BCUT2D eigenvalue weighted by molar-refractivity contribution is -0.116. The standard InChI is InChI=1S/C19H13FN2O/c20-17(12-14-6-2-1-3-7-14)19(23)22-16(13-21)11-10-15-8-4-5-9-18(15)22/h1-12,16H. The zero-order valence-electron chi connectivity index (χ0n) is 12.2. The van der Waals surface area contributed by atoms with Crippen LogP contribution in [-0.4, -0.2) is 11.9 Å². The number of nitriles is 1. The molecule has 112 valence electrons. The molecule has 4 heteroatoms. The van der Waals surface area contributed by atoms with Crippen LogP contribution in [0.4, 0.5) is 10.1 Å². The van der Waals surface area contributed by atoms with E-state index in [0.29, 0.717) is 11.3 Å². The second-order valence-electron chi connectivity index (χ2n) is 5.07. The van der Waals surface area contributed by atoms with E-state index in [-0.39, 0.29) is 0 Å². The maximum absolute atomic E-state index is 14.4. The maximum Gasteiger partial charge on any atom is 0.288 e. The highest BCUT2D eigenvalue weighted by Gasteiger charge is 2.30. The van der Waals surface area contributed by atoms with Crippen LogP contribution >= 0.6 is 0 Å². The van der Waals surface area contributed by atoms with E-state index in [9.17, 15) is 14.4 Å². The average Bonchev–Trinajstić information content (AvgIpc) is 2.61. The molecular formula is C19H13FN2O. The molecule has 23 heavy (non-hydrogen) atoms. The van der Waals surface area contributed by atoms with Gasteiger partial charge in [0.2, 0.25) is 0 Å². The normalized spacial score (nSPS) is 16.6. The molecule has 1 aliphatic rings. The first-order valence-electron chi connectivity index (χ1n) is 7.13. The van der Waals surface area contributed by atoms with Crippen LogP contribution in [0.1, 0.15) is 11.1 Å². The van der Waals surface area contributed by atoms with Gasteiger partial charge in [-0.25, -0.2) is 4.39 Å². The van der Waals surface area contributed by atoms with E-state index >= 15 is 0 Å². The van der Waals surface area contributed by atoms with E-state index < -0.39 is 17.8 Å². The van der Waals surface area contributed by atoms with Crippen LogP contribution in [0.2, 0.25) is 0 Å². The lowest BCUT2D eigenvalue weighted by Gasteiger charge is -2.29. The number of carbonyl (C=O) groups excluding carboxylic acids is 1. The summed E-state index contributed by atoms with van der Waals surface area (Å²) in [5.41, 5.74) is 1.90. The van der Waals surface area contributed by atoms with Crippen molar-refractivity contribution in [1.29, 1.82) is 5.26 Å². The molecule has 2 aromatic rings. The fourth-order valence-corrected chi connectivity index (χ4v) is 2.49. The van der Waals surface area contributed by atoms with Crippen LogP contribution in [0.3, 0.4) is 0 Å². The van der Waals surface area contributed by atoms with Gasteiger partial charge in [0.15, 0.2) is 5.83 Å². The number of rotatable bonds is 2. The van der Waals surface area contributed by atoms with Gasteiger partial charge in [-0.15, -0.1) is 0 Å². The molecule has 2 aromatic carbocycles. The van der Waals surface area contributed by atoms with Crippen molar-refractivity contribution in [3.05, 3.63) is 77.6 Å². The van der Waals surface area contributed by atoms with Crippen LogP contribution in [0.5, 0.6) is 0 Å². The first-order valence-corrected chi connectivity index (χ1v) is 7.13. The minimum atomic E-state index is -0.901. The van der Waals surface area contributed by atoms with E-state index in [4.69, 9.17) is 0 Å². The lowest BCUT2D eigenvalue weighted by Crippen LogP contribution is -2.40. The van der Waals surface area contributed by atoms with Crippen LogP contribution in [0, 0.1) is 11.3 Å². The van der Waals surface area contributed by atoms with Gasteiger partial charge >= 0.3 is 0 Å². The third kappa shape index (κ3) is 2.90. The SMILES string of the molecule is N#CC1C=Cc2ccccc2N1C(=O)C(F)=Cc1ccccc1. The summed E-state index contributed by atoms with van der Waals surface area (Å²) in [6.45, 7) is 0. The Bertz CT molecular complexity index is 834. The van der Waals surface area contributed by atoms with E-state index in [2.05, 4.69) is 0 Å². The third-order valence-electron chi connectivity index (χ3n) is 3.58. The molecule has 1 heterocycles. The van der Waals surface area contributed by atoms with Crippen molar-refractivity contribution >= 4 is 23.7 Å². The highest BCUT2D eigenvalue weighted by atomic mass is 19.1. The zero-order valence-corrected chi connectivity index (χ0v) is 12.2. The molecule has 1 atom stereocenters. The topological polar surface area (TPSA) is 44.1 Å². The molecule has 1 aliphatic heterocycles. The predicted octanol–water partition coefficient (Wildman–Crippen LogP) is 3.95. The smallest absolute Gasteiger partial charge is 0.286 e. The highest BCUT2D eigenvalue weighted by Crippen LogP contribution is 2.30. The Labute approximate surface area is 133 Å². The van der Waals surface area contributed by atoms with Crippen molar-refractivity contribution in [2.24, 2.45) is 0 Å². The summed E-state index contributed by atoms with van der Waals surface area (Å²) in [6, 6.07) is 17.1. The van der Waals surface area contributed by atoms with Gasteiger partial charge in [0, 0.05) is 0 Å². The highest BCUT2D eigenvalue weighted by molar-refractivity contribution is 6.09. The Morgan fingerprint density at radius 3 is 2.57 bits per heavy atom. The molecule has 1 unspecified atom stereocenters. The van der Waals surface area contributed by atoms with Crippen molar-refractivity contribution in [2.45, 2.75) is 6.04 Å². The van der Waals surface area contributed by atoms with Crippen LogP contribution in [0.15, 0.2) is 66.5 Å². The van der Waals surface area contributed by atoms with Crippen molar-refractivity contribution in [1.82, 2.24) is 0 Å². The summed E-state index contributed by atoms with van der Waals surface area (Å²) in [5, 5.41) is 9.27. The van der Waals surface area contributed by atoms with Gasteiger partial charge in [0.1, 0.15) is 6.04 Å². The summed E-state index contributed by atoms with van der Waals surface area (Å²) >= 11 is 0. The Balaban J connectivity index is 1.99. The van der Waals surface area contributed by atoms with Gasteiger partial charge in [0.25, 0.3) is 5.91 Å². The number of fused-ring (bicyclic) bond motifs is 1. The number of para-hydroxylation sites is 1. The van der Waals surface area contributed by atoms with Crippen molar-refractivity contribution in [3.63, 3.8) is 0 Å². The second kappa shape index (κ2) is 6.29. The van der Waals surface area contributed by atoms with E-state index in [1.165, 1.54) is 11.0 Å². The minimum Gasteiger partial charge on any atom is -0.286 e. The van der Waals surface area contributed by atoms with Crippen molar-refractivity contribution in [2.75, 3.05) is 4.90 Å². The van der Waals surface area contributed by atoms with E-state index in [1.807, 2.05) is 24.3 Å². The molecule has 0 spiro atoms. The number of hydrogen-bond donors (Lipinski definition) is 0. The van der Waals surface area contributed by atoms with Crippen molar-refractivity contribution < 1.29 is 9.18 Å². The number of carbonyl (C=O) groups is 1. The van der Waals surface area contributed by atoms with Gasteiger partial charge in [-0.05, 0) is 29.3 Å². The van der Waals surface area contributed by atoms with Crippen LogP contribution in [0.25, 0.3) is 12.2 Å². The number of hydrogen-bond acceptors (Lipinski definition) is 2. The summed E-state index contributed by atoms with van der Waals surface area (Å²) < 4.78 is 14.4. The van der Waals surface area contributed by atoms with Crippen LogP contribution in [-0.2, 0) is 4.79 Å². The monoisotopic (exact) mass is 304 g/mol. The first kappa shape index (κ1) is 14.7. The summed E-state index contributed by atoms with van der Waals surface area (Å²) in [6.07, 6.45) is 4.54. The minimum absolute atomic E-state index is 0.531. The number of halogens is 1.